The van der Waals surface area contributed by atoms with E-state index in [4.69, 9.17) is 4.74 Å². The predicted octanol–water partition coefficient (Wildman–Crippen LogP) is 3.73. The third-order valence-electron chi connectivity index (χ3n) is 3.67. The molecule has 0 saturated heterocycles. The third kappa shape index (κ3) is 3.10. The van der Waals surface area contributed by atoms with E-state index in [1.165, 1.54) is 14.0 Å². The van der Waals surface area contributed by atoms with E-state index < -0.39 is 0 Å². The number of ketones is 1. The van der Waals surface area contributed by atoms with Gasteiger partial charge in [-0.25, -0.2) is 4.98 Å². The number of phenolic OH excluding ortho intramolecular Hbond substituents is 1. The quantitative estimate of drug-likeness (QED) is 0.742. The van der Waals surface area contributed by atoms with E-state index in [0.717, 1.165) is 11.1 Å². The van der Waals surface area contributed by atoms with Crippen LogP contribution in [-0.2, 0) is 0 Å². The molecule has 0 amide bonds. The fourth-order valence-corrected chi connectivity index (χ4v) is 2.38. The van der Waals surface area contributed by atoms with Crippen molar-refractivity contribution in [2.24, 2.45) is 0 Å². The summed E-state index contributed by atoms with van der Waals surface area (Å²) in [6.07, 6.45) is 3.30. The van der Waals surface area contributed by atoms with Gasteiger partial charge >= 0.3 is 0 Å². The molecule has 0 aliphatic rings. The number of hydrogen-bond acceptors (Lipinski definition) is 5. The fraction of sp³-hybridized carbons (Fsp3) is 0.105. The second-order valence-electron chi connectivity index (χ2n) is 5.31. The van der Waals surface area contributed by atoms with Gasteiger partial charge in [-0.15, -0.1) is 0 Å². The van der Waals surface area contributed by atoms with Crippen LogP contribution >= 0.6 is 0 Å². The molecule has 0 fully saturated rings. The van der Waals surface area contributed by atoms with Gasteiger partial charge in [0.2, 0.25) is 0 Å². The van der Waals surface area contributed by atoms with Gasteiger partial charge in [0.1, 0.15) is 0 Å². The maximum Gasteiger partial charge on any atom is 0.161 e. The highest BCUT2D eigenvalue weighted by atomic mass is 16.5. The number of nitrogens with zero attached hydrogens (tertiary/aromatic N) is 2. The van der Waals surface area contributed by atoms with E-state index >= 15 is 0 Å². The Balaban J connectivity index is 2.04. The van der Waals surface area contributed by atoms with Crippen LogP contribution in [-0.4, -0.2) is 28.0 Å². The lowest BCUT2D eigenvalue weighted by Crippen LogP contribution is -1.94. The predicted molar refractivity (Wildman–Crippen MR) is 91.1 cm³/mol. The normalized spacial score (nSPS) is 10.4. The summed E-state index contributed by atoms with van der Waals surface area (Å²) in [5, 5.41) is 9.70. The summed E-state index contributed by atoms with van der Waals surface area (Å²) < 4.78 is 5.13. The monoisotopic (exact) mass is 320 g/mol. The van der Waals surface area contributed by atoms with Gasteiger partial charge < -0.3 is 9.84 Å². The first-order valence-corrected chi connectivity index (χ1v) is 7.39. The van der Waals surface area contributed by atoms with E-state index in [1.807, 2.05) is 12.1 Å². The number of hydrogen-bond donors (Lipinski definition) is 1. The number of Topliss-reactive ketones (excluding diaryl/α,β-unsaturated/α-hetero) is 1. The molecule has 0 saturated carbocycles. The number of phenols is 1. The highest BCUT2D eigenvalue weighted by Gasteiger charge is 2.09. The van der Waals surface area contributed by atoms with Crippen LogP contribution in [0.1, 0.15) is 17.3 Å². The molecular formula is C19H16N2O3. The summed E-state index contributed by atoms with van der Waals surface area (Å²) in [5.41, 5.74) is 3.55. The Hall–Kier alpha value is -3.21. The second-order valence-corrected chi connectivity index (χ2v) is 5.31. The van der Waals surface area contributed by atoms with Crippen molar-refractivity contribution in [2.75, 3.05) is 7.11 Å². The number of carbonyl (C=O) groups is 1. The second kappa shape index (κ2) is 6.50. The average Bonchev–Trinajstić information content (AvgIpc) is 2.62. The zero-order valence-electron chi connectivity index (χ0n) is 13.4. The largest absolute Gasteiger partial charge is 0.504 e. The van der Waals surface area contributed by atoms with Crippen molar-refractivity contribution in [3.8, 4) is 34.0 Å². The first-order chi connectivity index (χ1) is 11.6. The smallest absolute Gasteiger partial charge is 0.161 e. The number of carbonyl (C=O) groups excluding carboxylic acids is 1. The van der Waals surface area contributed by atoms with Gasteiger partial charge in [-0.1, -0.05) is 18.2 Å². The molecule has 0 radical (unpaired) electrons. The maximum absolute atomic E-state index is 11.5. The van der Waals surface area contributed by atoms with Crippen LogP contribution in [0.3, 0.4) is 0 Å². The molecule has 0 unspecified atom stereocenters. The zero-order chi connectivity index (χ0) is 17.1. The lowest BCUT2D eigenvalue weighted by molar-refractivity contribution is 0.101. The van der Waals surface area contributed by atoms with Gasteiger partial charge in [-0.05, 0) is 31.2 Å². The van der Waals surface area contributed by atoms with Gasteiger partial charge in [0.05, 0.1) is 30.9 Å². The first-order valence-electron chi connectivity index (χ1n) is 7.39. The van der Waals surface area contributed by atoms with Crippen molar-refractivity contribution in [1.29, 1.82) is 0 Å². The Bertz CT molecular complexity index is 907. The Labute approximate surface area is 139 Å². The highest BCUT2D eigenvalue weighted by Crippen LogP contribution is 2.31. The van der Waals surface area contributed by atoms with Crippen molar-refractivity contribution in [3.63, 3.8) is 0 Å². The lowest BCUT2D eigenvalue weighted by Gasteiger charge is -2.08. The van der Waals surface area contributed by atoms with Crippen LogP contribution in [0.4, 0.5) is 0 Å². The number of aromatic hydroxyl groups is 1. The van der Waals surface area contributed by atoms with Crippen molar-refractivity contribution < 1.29 is 14.6 Å². The molecule has 0 aliphatic heterocycles. The molecule has 24 heavy (non-hydrogen) atoms. The van der Waals surface area contributed by atoms with Crippen molar-refractivity contribution in [1.82, 2.24) is 9.97 Å². The van der Waals surface area contributed by atoms with Crippen LogP contribution in [0.15, 0.2) is 54.9 Å². The highest BCUT2D eigenvalue weighted by molar-refractivity contribution is 5.95. The molecule has 1 N–H and O–H groups in total. The van der Waals surface area contributed by atoms with Gasteiger partial charge in [-0.2, -0.15) is 0 Å². The van der Waals surface area contributed by atoms with Crippen molar-refractivity contribution >= 4 is 5.78 Å². The summed E-state index contributed by atoms with van der Waals surface area (Å²) in [7, 11) is 1.49. The molecule has 3 rings (SSSR count). The molecule has 0 atom stereocenters. The van der Waals surface area contributed by atoms with Gasteiger partial charge in [0.15, 0.2) is 17.3 Å². The van der Waals surface area contributed by atoms with E-state index in [9.17, 15) is 9.90 Å². The van der Waals surface area contributed by atoms with E-state index in [2.05, 4.69) is 9.97 Å². The third-order valence-corrected chi connectivity index (χ3v) is 3.67. The SMILES string of the molecule is COc1cc(-c2cncc(-c3cccc(C(C)=O)c3)n2)ccc1O. The molecule has 120 valence electrons. The number of aromatic nitrogens is 2. The average molecular weight is 320 g/mol. The fourth-order valence-electron chi connectivity index (χ4n) is 2.38. The van der Waals surface area contributed by atoms with Gasteiger partial charge in [0, 0.05) is 16.7 Å². The summed E-state index contributed by atoms with van der Waals surface area (Å²) in [6.45, 7) is 1.53. The molecule has 5 heteroatoms. The number of benzene rings is 2. The van der Waals surface area contributed by atoms with E-state index in [1.54, 1.807) is 42.7 Å². The standard InChI is InChI=1S/C19H16N2O3/c1-12(22)13-4-3-5-14(8-13)16-10-20-11-17(21-16)15-6-7-18(23)19(9-15)24-2/h3-11,23H,1-2H3. The Morgan fingerprint density at radius 3 is 2.42 bits per heavy atom. The first kappa shape index (κ1) is 15.7. The lowest BCUT2D eigenvalue weighted by atomic mass is 10.1. The van der Waals surface area contributed by atoms with Gasteiger partial charge in [-0.3, -0.25) is 9.78 Å². The van der Waals surface area contributed by atoms with Crippen LogP contribution in [0.25, 0.3) is 22.5 Å². The molecule has 5 nitrogen and oxygen atoms in total. The molecule has 1 aromatic heterocycles. The summed E-state index contributed by atoms with van der Waals surface area (Å²) in [6, 6.07) is 12.3. The Kier molecular flexibility index (Phi) is 4.24. The molecular weight excluding hydrogens is 304 g/mol. The Morgan fingerprint density at radius 2 is 1.75 bits per heavy atom. The topological polar surface area (TPSA) is 72.3 Å². The molecule has 0 spiro atoms. The maximum atomic E-state index is 11.5. The minimum atomic E-state index is 0.00392. The van der Waals surface area contributed by atoms with Crippen LogP contribution in [0.5, 0.6) is 11.5 Å². The number of methoxy groups -OCH3 is 1. The molecule has 0 bridgehead atoms. The van der Waals surface area contributed by atoms with Crippen molar-refractivity contribution in [2.45, 2.75) is 6.92 Å². The minimum absolute atomic E-state index is 0.00392. The number of ether oxygens (including phenoxy) is 1. The summed E-state index contributed by atoms with van der Waals surface area (Å²) in [5.74, 6) is 0.446. The van der Waals surface area contributed by atoms with Crippen LogP contribution < -0.4 is 4.74 Å². The van der Waals surface area contributed by atoms with E-state index in [-0.39, 0.29) is 11.5 Å². The van der Waals surface area contributed by atoms with Crippen LogP contribution in [0.2, 0.25) is 0 Å². The molecule has 1 heterocycles. The summed E-state index contributed by atoms with van der Waals surface area (Å²) >= 11 is 0. The molecule has 3 aromatic rings. The Morgan fingerprint density at radius 1 is 1.04 bits per heavy atom. The van der Waals surface area contributed by atoms with Crippen LogP contribution in [0, 0.1) is 0 Å². The van der Waals surface area contributed by atoms with E-state index in [0.29, 0.717) is 22.7 Å². The summed E-state index contributed by atoms with van der Waals surface area (Å²) in [4.78, 5) is 20.4. The zero-order valence-corrected chi connectivity index (χ0v) is 13.4. The number of rotatable bonds is 4. The molecule has 0 aliphatic carbocycles. The van der Waals surface area contributed by atoms with Gasteiger partial charge in [0.25, 0.3) is 0 Å². The molecule has 2 aromatic carbocycles. The van der Waals surface area contributed by atoms with Crippen molar-refractivity contribution in [3.05, 3.63) is 60.4 Å². The minimum Gasteiger partial charge on any atom is -0.504 e.